The molecule has 0 aromatic rings. The molecule has 2 fully saturated rings. The molecule has 0 radical (unpaired) electrons. The highest BCUT2D eigenvalue weighted by Gasteiger charge is 2.61. The van der Waals surface area contributed by atoms with Gasteiger partial charge in [-0.3, -0.25) is 4.79 Å². The Bertz CT molecular complexity index is 353. The van der Waals surface area contributed by atoms with Gasteiger partial charge in [0.05, 0.1) is 0 Å². The molecule has 4 atom stereocenters. The minimum atomic E-state index is 0.0609. The van der Waals surface area contributed by atoms with Gasteiger partial charge in [0, 0.05) is 18.5 Å². The lowest BCUT2D eigenvalue weighted by atomic mass is 9.69. The van der Waals surface area contributed by atoms with Crippen molar-refractivity contribution in [1.29, 1.82) is 0 Å². The molecule has 19 heavy (non-hydrogen) atoms. The average molecular weight is 266 g/mol. The van der Waals surface area contributed by atoms with E-state index in [4.69, 9.17) is 0 Å². The molecule has 0 aliphatic heterocycles. The fraction of sp³-hybridized carbons (Fsp3) is 0.938. The van der Waals surface area contributed by atoms with Crippen LogP contribution < -0.4 is 10.6 Å². The fourth-order valence-electron chi connectivity index (χ4n) is 4.19. The van der Waals surface area contributed by atoms with Crippen LogP contribution in [0.15, 0.2) is 0 Å². The van der Waals surface area contributed by atoms with Gasteiger partial charge in [-0.05, 0) is 42.6 Å². The van der Waals surface area contributed by atoms with E-state index in [-0.39, 0.29) is 17.2 Å². The van der Waals surface area contributed by atoms with Gasteiger partial charge in [0.25, 0.3) is 0 Å². The van der Waals surface area contributed by atoms with Gasteiger partial charge in [0.2, 0.25) is 5.91 Å². The van der Waals surface area contributed by atoms with E-state index >= 15 is 0 Å². The Balaban J connectivity index is 1.96. The van der Waals surface area contributed by atoms with Crippen molar-refractivity contribution in [1.82, 2.24) is 10.6 Å². The van der Waals surface area contributed by atoms with Gasteiger partial charge >= 0.3 is 0 Å². The predicted molar refractivity (Wildman–Crippen MR) is 78.9 cm³/mol. The van der Waals surface area contributed by atoms with Crippen molar-refractivity contribution < 1.29 is 4.79 Å². The Labute approximate surface area is 117 Å². The fourth-order valence-corrected chi connectivity index (χ4v) is 4.19. The third-order valence-electron chi connectivity index (χ3n) is 6.26. The van der Waals surface area contributed by atoms with Gasteiger partial charge in [-0.2, -0.15) is 0 Å². The zero-order valence-corrected chi connectivity index (χ0v) is 13.2. The lowest BCUT2D eigenvalue weighted by Gasteiger charge is -2.39. The van der Waals surface area contributed by atoms with Crippen LogP contribution in [0.25, 0.3) is 0 Å². The van der Waals surface area contributed by atoms with Crippen LogP contribution in [-0.4, -0.2) is 25.0 Å². The predicted octanol–water partition coefficient (Wildman–Crippen LogP) is 2.56. The van der Waals surface area contributed by atoms with Crippen molar-refractivity contribution in [3.63, 3.8) is 0 Å². The Hall–Kier alpha value is -0.570. The molecule has 110 valence electrons. The van der Waals surface area contributed by atoms with E-state index in [2.05, 4.69) is 38.3 Å². The molecule has 2 N–H and O–H groups in total. The van der Waals surface area contributed by atoms with Gasteiger partial charge in [-0.25, -0.2) is 0 Å². The molecular weight excluding hydrogens is 236 g/mol. The third-order valence-corrected chi connectivity index (χ3v) is 6.26. The van der Waals surface area contributed by atoms with E-state index < -0.39 is 0 Å². The summed E-state index contributed by atoms with van der Waals surface area (Å²) in [6, 6.07) is 0.373. The highest BCUT2D eigenvalue weighted by atomic mass is 16.2. The van der Waals surface area contributed by atoms with Crippen LogP contribution in [0.3, 0.4) is 0 Å². The summed E-state index contributed by atoms with van der Waals surface area (Å²) in [5, 5.41) is 6.59. The first-order valence-electron chi connectivity index (χ1n) is 7.84. The molecule has 2 saturated carbocycles. The Kier molecular flexibility index (Phi) is 3.97. The second-order valence-electron chi connectivity index (χ2n) is 7.38. The van der Waals surface area contributed by atoms with Crippen LogP contribution in [0.1, 0.15) is 53.9 Å². The number of hydrogen-bond donors (Lipinski definition) is 2. The van der Waals surface area contributed by atoms with Crippen LogP contribution in [0, 0.1) is 22.7 Å². The van der Waals surface area contributed by atoms with Gasteiger partial charge < -0.3 is 10.6 Å². The summed E-state index contributed by atoms with van der Waals surface area (Å²) in [5.74, 6) is 1.06. The topological polar surface area (TPSA) is 41.1 Å². The van der Waals surface area contributed by atoms with E-state index in [0.717, 1.165) is 19.0 Å². The normalized spacial score (nSPS) is 37.3. The maximum Gasteiger partial charge on any atom is 0.224 e. The number of amides is 1. The standard InChI is InChI=1S/C16H30N2O/c1-6-17-10-11(2)14(19)18-13-9-12-7-8-16(13,5)15(12,3)4/h11-13,17H,6-10H2,1-5H3,(H,18,19). The average Bonchev–Trinajstić information content (AvgIpc) is 2.68. The molecule has 0 saturated heterocycles. The summed E-state index contributed by atoms with van der Waals surface area (Å²) in [5.41, 5.74) is 0.654. The molecule has 0 spiro atoms. The van der Waals surface area contributed by atoms with Gasteiger partial charge in [-0.1, -0.05) is 34.6 Å². The summed E-state index contributed by atoms with van der Waals surface area (Å²) in [4.78, 5) is 12.3. The monoisotopic (exact) mass is 266 g/mol. The first kappa shape index (κ1) is 14.8. The number of carbonyl (C=O) groups is 1. The molecule has 3 nitrogen and oxygen atoms in total. The van der Waals surface area contributed by atoms with Crippen LogP contribution in [-0.2, 0) is 4.79 Å². The maximum absolute atomic E-state index is 12.3. The van der Waals surface area contributed by atoms with Crippen molar-refractivity contribution in [2.45, 2.75) is 59.9 Å². The highest BCUT2D eigenvalue weighted by Crippen LogP contribution is 2.65. The minimum Gasteiger partial charge on any atom is -0.353 e. The maximum atomic E-state index is 12.3. The molecule has 0 heterocycles. The molecular formula is C16H30N2O. The van der Waals surface area contributed by atoms with E-state index in [1.807, 2.05) is 6.92 Å². The van der Waals surface area contributed by atoms with Crippen LogP contribution >= 0.6 is 0 Å². The van der Waals surface area contributed by atoms with Crippen molar-refractivity contribution >= 4 is 5.91 Å². The zero-order valence-electron chi connectivity index (χ0n) is 13.2. The van der Waals surface area contributed by atoms with Gasteiger partial charge in [0.15, 0.2) is 0 Å². The second kappa shape index (κ2) is 5.08. The van der Waals surface area contributed by atoms with Crippen LogP contribution in [0.2, 0.25) is 0 Å². The summed E-state index contributed by atoms with van der Waals surface area (Å²) in [7, 11) is 0. The molecule has 2 rings (SSSR count). The first-order chi connectivity index (χ1) is 8.83. The summed E-state index contributed by atoms with van der Waals surface area (Å²) < 4.78 is 0. The first-order valence-corrected chi connectivity index (χ1v) is 7.84. The van der Waals surface area contributed by atoms with Crippen LogP contribution in [0.4, 0.5) is 0 Å². The molecule has 2 bridgehead atoms. The molecule has 4 unspecified atom stereocenters. The van der Waals surface area contributed by atoms with Gasteiger partial charge in [0.1, 0.15) is 0 Å². The van der Waals surface area contributed by atoms with E-state index in [0.29, 0.717) is 11.5 Å². The largest absolute Gasteiger partial charge is 0.353 e. The number of rotatable bonds is 5. The number of hydrogen-bond acceptors (Lipinski definition) is 2. The highest BCUT2D eigenvalue weighted by molar-refractivity contribution is 5.79. The smallest absolute Gasteiger partial charge is 0.224 e. The van der Waals surface area contributed by atoms with Crippen molar-refractivity contribution in [2.24, 2.45) is 22.7 Å². The van der Waals surface area contributed by atoms with Crippen molar-refractivity contribution in [2.75, 3.05) is 13.1 Å². The van der Waals surface area contributed by atoms with E-state index in [1.165, 1.54) is 19.3 Å². The number of fused-ring (bicyclic) bond motifs is 2. The molecule has 0 aromatic heterocycles. The van der Waals surface area contributed by atoms with Crippen LogP contribution in [0.5, 0.6) is 0 Å². The van der Waals surface area contributed by atoms with Gasteiger partial charge in [-0.15, -0.1) is 0 Å². The van der Waals surface area contributed by atoms with E-state index in [1.54, 1.807) is 0 Å². The number of nitrogens with one attached hydrogen (secondary N) is 2. The minimum absolute atomic E-state index is 0.0609. The Morgan fingerprint density at radius 3 is 2.53 bits per heavy atom. The van der Waals surface area contributed by atoms with Crippen molar-refractivity contribution in [3.05, 3.63) is 0 Å². The number of carbonyl (C=O) groups excluding carboxylic acids is 1. The lowest BCUT2D eigenvalue weighted by molar-refractivity contribution is -0.126. The summed E-state index contributed by atoms with van der Waals surface area (Å²) >= 11 is 0. The summed E-state index contributed by atoms with van der Waals surface area (Å²) in [6.07, 6.45) is 3.77. The zero-order chi connectivity index (χ0) is 14.3. The van der Waals surface area contributed by atoms with E-state index in [9.17, 15) is 4.79 Å². The second-order valence-corrected chi connectivity index (χ2v) is 7.38. The SMILES string of the molecule is CCNCC(C)C(=O)NC1CC2CCC1(C)C2(C)C. The molecule has 3 heteroatoms. The molecule has 2 aliphatic rings. The summed E-state index contributed by atoms with van der Waals surface area (Å²) in [6.45, 7) is 12.9. The quantitative estimate of drug-likeness (QED) is 0.803. The molecule has 0 aromatic carbocycles. The lowest BCUT2D eigenvalue weighted by Crippen LogP contribution is -2.49. The Morgan fingerprint density at radius 2 is 2.05 bits per heavy atom. The molecule has 1 amide bonds. The molecule has 2 aliphatic carbocycles. The third kappa shape index (κ3) is 2.31. The Morgan fingerprint density at radius 1 is 1.37 bits per heavy atom. The van der Waals surface area contributed by atoms with Crippen molar-refractivity contribution in [3.8, 4) is 0 Å².